The van der Waals surface area contributed by atoms with Gasteiger partial charge >= 0.3 is 5.97 Å². The van der Waals surface area contributed by atoms with Crippen LogP contribution in [0.15, 0.2) is 30.3 Å². The molecular weight excluding hydrogens is 320 g/mol. The van der Waals surface area contributed by atoms with Crippen LogP contribution in [0.3, 0.4) is 0 Å². The van der Waals surface area contributed by atoms with Gasteiger partial charge in [-0.15, -0.1) is 0 Å². The number of methoxy groups -OCH3 is 1. The van der Waals surface area contributed by atoms with Crippen LogP contribution in [0.2, 0.25) is 0 Å². The van der Waals surface area contributed by atoms with Gasteiger partial charge in [0.1, 0.15) is 6.61 Å². The van der Waals surface area contributed by atoms with Gasteiger partial charge in [-0.3, -0.25) is 4.90 Å². The molecule has 1 aromatic heterocycles. The number of aromatic nitrogens is 1. The Kier molecular flexibility index (Phi) is 5.83. The number of fused-ring (bicyclic) bond motifs is 1. The number of pyridine rings is 1. The monoisotopic (exact) mass is 344 g/mol. The topological polar surface area (TPSA) is 71.9 Å². The van der Waals surface area contributed by atoms with Gasteiger partial charge in [0.15, 0.2) is 0 Å². The quantitative estimate of drug-likeness (QED) is 0.809. The van der Waals surface area contributed by atoms with Crippen molar-refractivity contribution in [2.45, 2.75) is 12.8 Å². The van der Waals surface area contributed by atoms with E-state index in [1.165, 1.54) is 7.11 Å². The molecule has 0 spiro atoms. The Hall–Kier alpha value is -2.18. The van der Waals surface area contributed by atoms with Gasteiger partial charge in [0.05, 0.1) is 18.2 Å². The Morgan fingerprint density at radius 2 is 2.08 bits per heavy atom. The summed E-state index contributed by atoms with van der Waals surface area (Å²) in [6, 6.07) is 9.08. The lowest BCUT2D eigenvalue weighted by atomic mass is 9.98. The van der Waals surface area contributed by atoms with Gasteiger partial charge < -0.3 is 14.6 Å². The summed E-state index contributed by atoms with van der Waals surface area (Å²) in [5.74, 6) is 0.452. The molecule has 6 nitrogen and oxygen atoms in total. The Bertz CT molecular complexity index is 726. The number of para-hydroxylation sites is 1. The Morgan fingerprint density at radius 1 is 1.32 bits per heavy atom. The highest BCUT2D eigenvalue weighted by Gasteiger charge is 2.19. The maximum Gasteiger partial charge on any atom is 0.339 e. The third kappa shape index (κ3) is 4.27. The first kappa shape index (κ1) is 17.6. The van der Waals surface area contributed by atoms with Crippen molar-refractivity contribution in [2.75, 3.05) is 40.0 Å². The van der Waals surface area contributed by atoms with Crippen LogP contribution in [0.5, 0.6) is 5.88 Å². The van der Waals surface area contributed by atoms with Crippen LogP contribution in [0.25, 0.3) is 10.9 Å². The number of benzene rings is 1. The van der Waals surface area contributed by atoms with E-state index in [1.807, 2.05) is 24.3 Å². The number of hydrogen-bond acceptors (Lipinski definition) is 6. The van der Waals surface area contributed by atoms with Gasteiger partial charge in [-0.2, -0.15) is 0 Å². The predicted octanol–water partition coefficient (Wildman–Crippen LogP) is 2.10. The van der Waals surface area contributed by atoms with Gasteiger partial charge in [0.2, 0.25) is 5.88 Å². The third-order valence-corrected chi connectivity index (χ3v) is 4.73. The molecule has 25 heavy (non-hydrogen) atoms. The van der Waals surface area contributed by atoms with Crippen molar-refractivity contribution in [1.29, 1.82) is 0 Å². The van der Waals surface area contributed by atoms with Gasteiger partial charge in [0, 0.05) is 24.6 Å². The number of carbonyl (C=O) groups is 1. The molecular formula is C19H24N2O4. The van der Waals surface area contributed by atoms with Crippen molar-refractivity contribution >= 4 is 16.9 Å². The smallest absolute Gasteiger partial charge is 0.339 e. The zero-order valence-corrected chi connectivity index (χ0v) is 14.5. The van der Waals surface area contributed by atoms with Crippen LogP contribution >= 0.6 is 0 Å². The number of ether oxygens (including phenoxy) is 2. The van der Waals surface area contributed by atoms with E-state index in [0.29, 0.717) is 36.0 Å². The highest BCUT2D eigenvalue weighted by molar-refractivity contribution is 6.03. The van der Waals surface area contributed by atoms with Crippen LogP contribution in [0.4, 0.5) is 0 Å². The first-order chi connectivity index (χ1) is 12.2. The minimum absolute atomic E-state index is 0.264. The largest absolute Gasteiger partial charge is 0.481 e. The Morgan fingerprint density at radius 3 is 2.80 bits per heavy atom. The zero-order chi connectivity index (χ0) is 17.6. The summed E-state index contributed by atoms with van der Waals surface area (Å²) < 4.78 is 10.7. The summed E-state index contributed by atoms with van der Waals surface area (Å²) in [5.41, 5.74) is 1.18. The number of likely N-dealkylation sites (tertiary alicyclic amines) is 1. The van der Waals surface area contributed by atoms with E-state index in [9.17, 15) is 9.90 Å². The van der Waals surface area contributed by atoms with E-state index in [4.69, 9.17) is 9.47 Å². The fourth-order valence-corrected chi connectivity index (χ4v) is 3.16. The average molecular weight is 344 g/mol. The summed E-state index contributed by atoms with van der Waals surface area (Å²) in [4.78, 5) is 19.1. The number of aliphatic hydroxyl groups excluding tert-OH is 1. The van der Waals surface area contributed by atoms with E-state index in [-0.39, 0.29) is 12.6 Å². The number of nitrogens with zero attached hydrogens (tertiary/aromatic N) is 2. The Labute approximate surface area is 147 Å². The molecule has 0 aliphatic carbocycles. The maximum absolute atomic E-state index is 12.5. The van der Waals surface area contributed by atoms with Crippen molar-refractivity contribution in [2.24, 2.45) is 5.92 Å². The van der Waals surface area contributed by atoms with Crippen LogP contribution in [-0.2, 0) is 4.74 Å². The number of piperidine rings is 1. The van der Waals surface area contributed by atoms with Crippen LogP contribution in [-0.4, -0.2) is 60.9 Å². The van der Waals surface area contributed by atoms with Crippen molar-refractivity contribution in [1.82, 2.24) is 9.88 Å². The minimum Gasteiger partial charge on any atom is -0.481 e. The molecule has 0 bridgehead atoms. The molecule has 2 heterocycles. The van der Waals surface area contributed by atoms with Gasteiger partial charge in [-0.1, -0.05) is 18.2 Å². The molecule has 1 saturated heterocycles. The van der Waals surface area contributed by atoms with E-state index in [1.54, 1.807) is 6.07 Å². The molecule has 0 amide bonds. The van der Waals surface area contributed by atoms with Gasteiger partial charge in [0.25, 0.3) is 0 Å². The standard InChI is InChI=1S/C19H24N2O4/c1-24-18-12-16(15-4-2-3-5-17(15)20-18)19(23)25-11-10-21-8-6-14(13-22)7-9-21/h2-5,12,14,22H,6-11,13H2,1H3. The molecule has 1 aromatic carbocycles. The van der Waals surface area contributed by atoms with Gasteiger partial charge in [-0.25, -0.2) is 9.78 Å². The summed E-state index contributed by atoms with van der Waals surface area (Å²) in [5, 5.41) is 9.94. The lowest BCUT2D eigenvalue weighted by Crippen LogP contribution is -2.37. The second-order valence-electron chi connectivity index (χ2n) is 6.33. The van der Waals surface area contributed by atoms with Crippen LogP contribution < -0.4 is 4.74 Å². The van der Waals surface area contributed by atoms with E-state index in [2.05, 4.69) is 9.88 Å². The normalized spacial score (nSPS) is 16.1. The van der Waals surface area contributed by atoms with Crippen molar-refractivity contribution in [3.8, 4) is 5.88 Å². The summed E-state index contributed by atoms with van der Waals surface area (Å²) in [6.07, 6.45) is 1.99. The SMILES string of the molecule is COc1cc(C(=O)OCCN2CCC(CO)CC2)c2ccccc2n1. The highest BCUT2D eigenvalue weighted by atomic mass is 16.5. The molecule has 6 heteroatoms. The predicted molar refractivity (Wildman–Crippen MR) is 94.8 cm³/mol. The first-order valence-corrected chi connectivity index (χ1v) is 8.65. The molecule has 0 saturated carbocycles. The lowest BCUT2D eigenvalue weighted by Gasteiger charge is -2.30. The van der Waals surface area contributed by atoms with Crippen molar-refractivity contribution in [3.05, 3.63) is 35.9 Å². The molecule has 2 aromatic rings. The van der Waals surface area contributed by atoms with Crippen molar-refractivity contribution < 1.29 is 19.4 Å². The number of carbonyl (C=O) groups excluding carboxylic acids is 1. The van der Waals surface area contributed by atoms with E-state index < -0.39 is 0 Å². The molecule has 1 N–H and O–H groups in total. The second-order valence-corrected chi connectivity index (χ2v) is 6.33. The van der Waals surface area contributed by atoms with E-state index in [0.717, 1.165) is 31.3 Å². The zero-order valence-electron chi connectivity index (χ0n) is 14.5. The van der Waals surface area contributed by atoms with E-state index >= 15 is 0 Å². The van der Waals surface area contributed by atoms with Crippen LogP contribution in [0.1, 0.15) is 23.2 Å². The summed E-state index contributed by atoms with van der Waals surface area (Å²) in [6.45, 7) is 3.20. The fraction of sp³-hybridized carbons (Fsp3) is 0.474. The first-order valence-electron chi connectivity index (χ1n) is 8.65. The molecule has 0 atom stereocenters. The number of esters is 1. The fourth-order valence-electron chi connectivity index (χ4n) is 3.16. The highest BCUT2D eigenvalue weighted by Crippen LogP contribution is 2.22. The molecule has 134 valence electrons. The molecule has 3 rings (SSSR count). The minimum atomic E-state index is -0.359. The molecule has 0 unspecified atom stereocenters. The van der Waals surface area contributed by atoms with Crippen molar-refractivity contribution in [3.63, 3.8) is 0 Å². The maximum atomic E-state index is 12.5. The number of rotatable bonds is 6. The molecule has 1 aliphatic rings. The Balaban J connectivity index is 1.61. The molecule has 0 radical (unpaired) electrons. The second kappa shape index (κ2) is 8.27. The molecule has 1 aliphatic heterocycles. The number of aliphatic hydroxyl groups is 1. The lowest BCUT2D eigenvalue weighted by molar-refractivity contribution is 0.0431. The average Bonchev–Trinajstić information content (AvgIpc) is 2.67. The van der Waals surface area contributed by atoms with Crippen LogP contribution in [0, 0.1) is 5.92 Å². The summed E-state index contributed by atoms with van der Waals surface area (Å²) in [7, 11) is 1.53. The molecule has 1 fully saturated rings. The third-order valence-electron chi connectivity index (χ3n) is 4.73. The number of hydrogen-bond donors (Lipinski definition) is 1. The van der Waals surface area contributed by atoms with Gasteiger partial charge in [-0.05, 0) is 37.9 Å². The summed E-state index contributed by atoms with van der Waals surface area (Å²) >= 11 is 0.